The highest BCUT2D eigenvalue weighted by Gasteiger charge is 2.03. The molecule has 0 aliphatic rings. The molecule has 1 aromatic heterocycles. The molecule has 0 atom stereocenters. The van der Waals surface area contributed by atoms with E-state index in [0.717, 1.165) is 14.8 Å². The third-order valence-electron chi connectivity index (χ3n) is 1.90. The molecule has 4 heteroatoms. The zero-order valence-electron chi connectivity index (χ0n) is 7.16. The Bertz CT molecular complexity index is 479. The van der Waals surface area contributed by atoms with E-state index in [0.29, 0.717) is 5.56 Å². The van der Waals surface area contributed by atoms with Crippen molar-refractivity contribution < 1.29 is 0 Å². The average molecular weight is 295 g/mol. The van der Waals surface area contributed by atoms with Crippen molar-refractivity contribution in [3.05, 3.63) is 39.6 Å². The fraction of sp³-hybridized carbons (Fsp3) is 0. The van der Waals surface area contributed by atoms with Gasteiger partial charge in [-0.3, -0.25) is 5.10 Å². The van der Waals surface area contributed by atoms with Gasteiger partial charge in [0.15, 0.2) is 0 Å². The SMILES string of the molecule is N#Cc1ccc(-c2[nH]ncc2I)cc1. The molecule has 0 fully saturated rings. The van der Waals surface area contributed by atoms with E-state index in [9.17, 15) is 0 Å². The predicted octanol–water partition coefficient (Wildman–Crippen LogP) is 2.55. The molecule has 2 aromatic rings. The molecule has 0 aliphatic heterocycles. The maximum atomic E-state index is 8.64. The van der Waals surface area contributed by atoms with E-state index in [2.05, 4.69) is 38.9 Å². The fourth-order valence-corrected chi connectivity index (χ4v) is 1.76. The first-order valence-corrected chi connectivity index (χ1v) is 5.08. The summed E-state index contributed by atoms with van der Waals surface area (Å²) < 4.78 is 1.08. The quantitative estimate of drug-likeness (QED) is 0.822. The van der Waals surface area contributed by atoms with Crippen LogP contribution in [0.5, 0.6) is 0 Å². The van der Waals surface area contributed by atoms with Crippen LogP contribution in [0.15, 0.2) is 30.5 Å². The largest absolute Gasteiger partial charge is 0.277 e. The number of hydrogen-bond acceptors (Lipinski definition) is 2. The Balaban J connectivity index is 2.45. The Morgan fingerprint density at radius 3 is 2.50 bits per heavy atom. The van der Waals surface area contributed by atoms with Crippen LogP contribution in [-0.2, 0) is 0 Å². The second-order valence-corrected chi connectivity index (χ2v) is 3.94. The van der Waals surface area contributed by atoms with E-state index in [-0.39, 0.29) is 0 Å². The molecule has 0 saturated heterocycles. The van der Waals surface area contributed by atoms with Crippen LogP contribution in [-0.4, -0.2) is 10.2 Å². The van der Waals surface area contributed by atoms with E-state index in [1.54, 1.807) is 18.3 Å². The molecule has 0 amide bonds. The first kappa shape index (κ1) is 9.21. The minimum atomic E-state index is 0.670. The highest BCUT2D eigenvalue weighted by molar-refractivity contribution is 14.1. The highest BCUT2D eigenvalue weighted by atomic mass is 127. The molecule has 1 N–H and O–H groups in total. The Labute approximate surface area is 94.9 Å². The van der Waals surface area contributed by atoms with E-state index in [4.69, 9.17) is 5.26 Å². The molecule has 0 radical (unpaired) electrons. The summed E-state index contributed by atoms with van der Waals surface area (Å²) in [6.45, 7) is 0. The van der Waals surface area contributed by atoms with Gasteiger partial charge < -0.3 is 0 Å². The summed E-state index contributed by atoms with van der Waals surface area (Å²) in [7, 11) is 0. The molecule has 14 heavy (non-hydrogen) atoms. The topological polar surface area (TPSA) is 52.5 Å². The van der Waals surface area contributed by atoms with Crippen LogP contribution in [0.2, 0.25) is 0 Å². The minimum Gasteiger partial charge on any atom is -0.277 e. The monoisotopic (exact) mass is 295 g/mol. The molecule has 2 rings (SSSR count). The van der Waals surface area contributed by atoms with Gasteiger partial charge in [-0.15, -0.1) is 0 Å². The summed E-state index contributed by atoms with van der Waals surface area (Å²) in [6.07, 6.45) is 1.77. The third kappa shape index (κ3) is 1.63. The lowest BCUT2D eigenvalue weighted by Crippen LogP contribution is -1.81. The number of rotatable bonds is 1. The van der Waals surface area contributed by atoms with Crippen molar-refractivity contribution in [3.63, 3.8) is 0 Å². The summed E-state index contributed by atoms with van der Waals surface area (Å²) in [5, 5.41) is 15.5. The Kier molecular flexibility index (Phi) is 2.50. The summed E-state index contributed by atoms with van der Waals surface area (Å²) in [4.78, 5) is 0. The highest BCUT2D eigenvalue weighted by Crippen LogP contribution is 2.22. The minimum absolute atomic E-state index is 0.670. The van der Waals surface area contributed by atoms with Gasteiger partial charge in [-0.2, -0.15) is 10.4 Å². The van der Waals surface area contributed by atoms with Gasteiger partial charge in [0.2, 0.25) is 0 Å². The first-order chi connectivity index (χ1) is 6.81. The zero-order chi connectivity index (χ0) is 9.97. The molecule has 68 valence electrons. The number of nitrogens with one attached hydrogen (secondary N) is 1. The summed E-state index contributed by atoms with van der Waals surface area (Å²) in [6, 6.07) is 9.50. The predicted molar refractivity (Wildman–Crippen MR) is 61.5 cm³/mol. The standard InChI is InChI=1S/C10H6IN3/c11-9-6-13-14-10(9)8-3-1-7(5-12)2-4-8/h1-4,6H,(H,13,14). The van der Waals surface area contributed by atoms with Crippen LogP contribution < -0.4 is 0 Å². The maximum Gasteiger partial charge on any atom is 0.0991 e. The van der Waals surface area contributed by atoms with Crippen LogP contribution >= 0.6 is 22.6 Å². The normalized spacial score (nSPS) is 9.71. The van der Waals surface area contributed by atoms with Crippen LogP contribution in [0.1, 0.15) is 5.56 Å². The zero-order valence-corrected chi connectivity index (χ0v) is 9.32. The third-order valence-corrected chi connectivity index (χ3v) is 2.71. The Morgan fingerprint density at radius 2 is 2.00 bits per heavy atom. The number of aromatic amines is 1. The number of nitrogens with zero attached hydrogens (tertiary/aromatic N) is 2. The molecular formula is C10H6IN3. The Hall–Kier alpha value is -1.35. The molecule has 0 unspecified atom stereocenters. The lowest BCUT2D eigenvalue weighted by molar-refractivity contribution is 1.10. The van der Waals surface area contributed by atoms with Gasteiger partial charge in [0.25, 0.3) is 0 Å². The lowest BCUT2D eigenvalue weighted by Gasteiger charge is -1.97. The smallest absolute Gasteiger partial charge is 0.0991 e. The van der Waals surface area contributed by atoms with Crippen LogP contribution in [0, 0.1) is 14.9 Å². The molecule has 0 bridgehead atoms. The Morgan fingerprint density at radius 1 is 1.29 bits per heavy atom. The van der Waals surface area contributed by atoms with Crippen LogP contribution in [0.25, 0.3) is 11.3 Å². The number of nitriles is 1. The first-order valence-electron chi connectivity index (χ1n) is 4.00. The molecule has 0 aliphatic carbocycles. The maximum absolute atomic E-state index is 8.64. The second kappa shape index (κ2) is 3.80. The molecule has 0 saturated carbocycles. The van der Waals surface area contributed by atoms with Gasteiger partial charge in [-0.1, -0.05) is 12.1 Å². The average Bonchev–Trinajstić information content (AvgIpc) is 2.65. The van der Waals surface area contributed by atoms with Gasteiger partial charge >= 0.3 is 0 Å². The molecule has 1 aromatic carbocycles. The van der Waals surface area contributed by atoms with Gasteiger partial charge in [-0.25, -0.2) is 0 Å². The van der Waals surface area contributed by atoms with Crippen molar-refractivity contribution in [1.82, 2.24) is 10.2 Å². The van der Waals surface area contributed by atoms with Crippen molar-refractivity contribution in [1.29, 1.82) is 5.26 Å². The van der Waals surface area contributed by atoms with Crippen LogP contribution in [0.3, 0.4) is 0 Å². The van der Waals surface area contributed by atoms with Gasteiger partial charge in [-0.05, 0) is 34.7 Å². The summed E-state index contributed by atoms with van der Waals surface area (Å²) in [5.74, 6) is 0. The summed E-state index contributed by atoms with van der Waals surface area (Å²) >= 11 is 2.22. The van der Waals surface area contributed by atoms with Crippen molar-refractivity contribution in [2.45, 2.75) is 0 Å². The van der Waals surface area contributed by atoms with Gasteiger partial charge in [0, 0.05) is 5.56 Å². The number of H-pyrrole nitrogens is 1. The number of benzene rings is 1. The second-order valence-electron chi connectivity index (χ2n) is 2.78. The van der Waals surface area contributed by atoms with E-state index < -0.39 is 0 Å². The van der Waals surface area contributed by atoms with E-state index in [1.165, 1.54) is 0 Å². The van der Waals surface area contributed by atoms with Crippen molar-refractivity contribution in [2.75, 3.05) is 0 Å². The lowest BCUT2D eigenvalue weighted by atomic mass is 10.1. The molecule has 0 spiro atoms. The number of hydrogen-bond donors (Lipinski definition) is 1. The number of halogens is 1. The number of aromatic nitrogens is 2. The molecule has 3 nitrogen and oxygen atoms in total. The molecule has 1 heterocycles. The van der Waals surface area contributed by atoms with Crippen LogP contribution in [0.4, 0.5) is 0 Å². The van der Waals surface area contributed by atoms with Gasteiger partial charge in [0.05, 0.1) is 27.1 Å². The van der Waals surface area contributed by atoms with Gasteiger partial charge in [0.1, 0.15) is 0 Å². The van der Waals surface area contributed by atoms with E-state index in [1.807, 2.05) is 12.1 Å². The van der Waals surface area contributed by atoms with Crippen molar-refractivity contribution in [2.24, 2.45) is 0 Å². The van der Waals surface area contributed by atoms with E-state index >= 15 is 0 Å². The van der Waals surface area contributed by atoms with Crippen molar-refractivity contribution in [3.8, 4) is 17.3 Å². The fourth-order valence-electron chi connectivity index (χ4n) is 1.19. The molecular weight excluding hydrogens is 289 g/mol. The summed E-state index contributed by atoms with van der Waals surface area (Å²) in [5.41, 5.74) is 2.71. The van der Waals surface area contributed by atoms with Crippen molar-refractivity contribution >= 4 is 22.6 Å².